The van der Waals surface area contributed by atoms with Crippen molar-refractivity contribution in [2.24, 2.45) is 0 Å². The van der Waals surface area contributed by atoms with Gasteiger partial charge in [0.05, 0.1) is 7.11 Å². The van der Waals surface area contributed by atoms with Crippen molar-refractivity contribution < 1.29 is 19.0 Å². The molecular formula is C23H23NO4. The van der Waals surface area contributed by atoms with Crippen LogP contribution in [0.2, 0.25) is 0 Å². The largest absolute Gasteiger partial charge is 0.497 e. The van der Waals surface area contributed by atoms with Crippen molar-refractivity contribution in [1.82, 2.24) is 5.32 Å². The first-order valence-electron chi connectivity index (χ1n) is 9.06. The molecule has 28 heavy (non-hydrogen) atoms. The van der Waals surface area contributed by atoms with Crippen LogP contribution >= 0.6 is 0 Å². The number of ether oxygens (including phenoxy) is 3. The molecule has 3 aromatic carbocycles. The van der Waals surface area contributed by atoms with Crippen LogP contribution in [0.4, 0.5) is 0 Å². The van der Waals surface area contributed by atoms with Crippen LogP contribution in [0.15, 0.2) is 78.9 Å². The van der Waals surface area contributed by atoms with E-state index in [0.29, 0.717) is 31.1 Å². The third kappa shape index (κ3) is 5.77. The maximum absolute atomic E-state index is 12.4. The molecular weight excluding hydrogens is 354 g/mol. The Labute approximate surface area is 164 Å². The van der Waals surface area contributed by atoms with Crippen molar-refractivity contribution >= 4 is 5.91 Å². The third-order valence-corrected chi connectivity index (χ3v) is 4.07. The standard InChI is InChI=1S/C23H23NO4/c1-26-20-12-10-18(11-13-20)17-24-23(25)19-6-5-9-22(16-19)28-15-14-27-21-7-3-2-4-8-21/h2-13,16H,14-15,17H2,1H3,(H,24,25). The third-order valence-electron chi connectivity index (χ3n) is 4.07. The Kier molecular flexibility index (Phi) is 6.90. The predicted molar refractivity (Wildman–Crippen MR) is 108 cm³/mol. The Morgan fingerprint density at radius 1 is 0.786 bits per heavy atom. The first-order valence-corrected chi connectivity index (χ1v) is 9.06. The SMILES string of the molecule is COc1ccc(CNC(=O)c2cccc(OCCOc3ccccc3)c2)cc1. The maximum Gasteiger partial charge on any atom is 0.251 e. The van der Waals surface area contributed by atoms with Crippen LogP contribution in [0.3, 0.4) is 0 Å². The van der Waals surface area contributed by atoms with E-state index in [0.717, 1.165) is 17.1 Å². The first-order chi connectivity index (χ1) is 13.7. The highest BCUT2D eigenvalue weighted by Gasteiger charge is 2.07. The monoisotopic (exact) mass is 377 g/mol. The minimum atomic E-state index is -0.151. The molecule has 0 radical (unpaired) electrons. The van der Waals surface area contributed by atoms with E-state index in [1.807, 2.05) is 60.7 Å². The quantitative estimate of drug-likeness (QED) is 0.571. The second kappa shape index (κ2) is 10.0. The summed E-state index contributed by atoms with van der Waals surface area (Å²) in [4.78, 5) is 12.4. The molecule has 0 saturated heterocycles. The number of methoxy groups -OCH3 is 1. The average molecular weight is 377 g/mol. The van der Waals surface area contributed by atoms with Crippen LogP contribution in [-0.2, 0) is 6.54 Å². The van der Waals surface area contributed by atoms with E-state index in [4.69, 9.17) is 14.2 Å². The van der Waals surface area contributed by atoms with Crippen LogP contribution in [0.5, 0.6) is 17.2 Å². The van der Waals surface area contributed by atoms with E-state index in [1.54, 1.807) is 25.3 Å². The number of rotatable bonds is 9. The molecule has 0 aliphatic carbocycles. The number of para-hydroxylation sites is 1. The van der Waals surface area contributed by atoms with E-state index in [-0.39, 0.29) is 5.91 Å². The van der Waals surface area contributed by atoms with Gasteiger partial charge in [-0.3, -0.25) is 4.79 Å². The summed E-state index contributed by atoms with van der Waals surface area (Å²) in [6.45, 7) is 1.27. The Morgan fingerprint density at radius 2 is 1.46 bits per heavy atom. The number of carbonyl (C=O) groups excluding carboxylic acids is 1. The Bertz CT molecular complexity index is 879. The molecule has 3 aromatic rings. The summed E-state index contributed by atoms with van der Waals surface area (Å²) in [6, 6.07) is 24.3. The fourth-order valence-electron chi connectivity index (χ4n) is 2.59. The molecule has 0 aliphatic heterocycles. The summed E-state index contributed by atoms with van der Waals surface area (Å²) in [7, 11) is 1.62. The van der Waals surface area contributed by atoms with Crippen LogP contribution in [-0.4, -0.2) is 26.2 Å². The predicted octanol–water partition coefficient (Wildman–Crippen LogP) is 4.08. The van der Waals surface area contributed by atoms with Crippen molar-refractivity contribution in [2.75, 3.05) is 20.3 Å². The van der Waals surface area contributed by atoms with Gasteiger partial charge >= 0.3 is 0 Å². The van der Waals surface area contributed by atoms with Gasteiger partial charge in [0.2, 0.25) is 0 Å². The number of amides is 1. The van der Waals surface area contributed by atoms with Gasteiger partial charge in [-0.2, -0.15) is 0 Å². The van der Waals surface area contributed by atoms with Gasteiger partial charge in [-0.15, -0.1) is 0 Å². The second-order valence-electron chi connectivity index (χ2n) is 6.07. The topological polar surface area (TPSA) is 56.8 Å². The van der Waals surface area contributed by atoms with Gasteiger partial charge in [0, 0.05) is 12.1 Å². The van der Waals surface area contributed by atoms with Crippen LogP contribution in [0.1, 0.15) is 15.9 Å². The van der Waals surface area contributed by atoms with Gasteiger partial charge < -0.3 is 19.5 Å². The Morgan fingerprint density at radius 3 is 2.18 bits per heavy atom. The normalized spacial score (nSPS) is 10.2. The Balaban J connectivity index is 1.46. The molecule has 0 saturated carbocycles. The lowest BCUT2D eigenvalue weighted by Gasteiger charge is -2.10. The van der Waals surface area contributed by atoms with Gasteiger partial charge in [-0.05, 0) is 48.0 Å². The molecule has 0 spiro atoms. The fraction of sp³-hybridized carbons (Fsp3) is 0.174. The minimum Gasteiger partial charge on any atom is -0.497 e. The summed E-state index contributed by atoms with van der Waals surface area (Å²) >= 11 is 0. The lowest BCUT2D eigenvalue weighted by atomic mass is 10.2. The molecule has 0 aromatic heterocycles. The first kappa shape index (κ1) is 19.3. The minimum absolute atomic E-state index is 0.151. The highest BCUT2D eigenvalue weighted by molar-refractivity contribution is 5.94. The number of carbonyl (C=O) groups is 1. The molecule has 5 heteroatoms. The molecule has 1 N–H and O–H groups in total. The van der Waals surface area contributed by atoms with E-state index in [1.165, 1.54) is 0 Å². The van der Waals surface area contributed by atoms with E-state index in [2.05, 4.69) is 5.32 Å². The van der Waals surface area contributed by atoms with Gasteiger partial charge in [0.1, 0.15) is 30.5 Å². The molecule has 0 bridgehead atoms. The molecule has 0 fully saturated rings. The highest BCUT2D eigenvalue weighted by Crippen LogP contribution is 2.15. The molecule has 144 valence electrons. The lowest BCUT2D eigenvalue weighted by molar-refractivity contribution is 0.0950. The second-order valence-corrected chi connectivity index (χ2v) is 6.07. The van der Waals surface area contributed by atoms with E-state index in [9.17, 15) is 4.79 Å². The van der Waals surface area contributed by atoms with Crippen LogP contribution in [0.25, 0.3) is 0 Å². The van der Waals surface area contributed by atoms with Gasteiger partial charge in [-0.1, -0.05) is 36.4 Å². The number of hydrogen-bond donors (Lipinski definition) is 1. The maximum atomic E-state index is 12.4. The lowest BCUT2D eigenvalue weighted by Crippen LogP contribution is -2.22. The smallest absolute Gasteiger partial charge is 0.251 e. The number of hydrogen-bond acceptors (Lipinski definition) is 4. The molecule has 5 nitrogen and oxygen atoms in total. The van der Waals surface area contributed by atoms with Crippen molar-refractivity contribution in [3.8, 4) is 17.2 Å². The molecule has 0 aliphatic rings. The van der Waals surface area contributed by atoms with Gasteiger partial charge in [0.25, 0.3) is 5.91 Å². The zero-order chi connectivity index (χ0) is 19.6. The molecule has 0 unspecified atom stereocenters. The van der Waals surface area contributed by atoms with Crippen molar-refractivity contribution in [2.45, 2.75) is 6.54 Å². The van der Waals surface area contributed by atoms with Gasteiger partial charge in [0.15, 0.2) is 0 Å². The van der Waals surface area contributed by atoms with E-state index >= 15 is 0 Å². The summed E-state index contributed by atoms with van der Waals surface area (Å²) in [5, 5.41) is 2.91. The van der Waals surface area contributed by atoms with Crippen molar-refractivity contribution in [1.29, 1.82) is 0 Å². The van der Waals surface area contributed by atoms with Crippen molar-refractivity contribution in [3.63, 3.8) is 0 Å². The average Bonchev–Trinajstić information content (AvgIpc) is 2.76. The fourth-order valence-corrected chi connectivity index (χ4v) is 2.59. The van der Waals surface area contributed by atoms with Gasteiger partial charge in [-0.25, -0.2) is 0 Å². The number of benzene rings is 3. The van der Waals surface area contributed by atoms with Crippen LogP contribution < -0.4 is 19.5 Å². The zero-order valence-electron chi connectivity index (χ0n) is 15.8. The van der Waals surface area contributed by atoms with E-state index < -0.39 is 0 Å². The Hall–Kier alpha value is -3.47. The van der Waals surface area contributed by atoms with Crippen molar-refractivity contribution in [3.05, 3.63) is 90.0 Å². The molecule has 1 amide bonds. The molecule has 3 rings (SSSR count). The summed E-state index contributed by atoms with van der Waals surface area (Å²) in [6.07, 6.45) is 0. The van der Waals surface area contributed by atoms with Crippen LogP contribution in [0, 0.1) is 0 Å². The molecule has 0 heterocycles. The summed E-state index contributed by atoms with van der Waals surface area (Å²) in [5.74, 6) is 2.07. The highest BCUT2D eigenvalue weighted by atomic mass is 16.5. The summed E-state index contributed by atoms with van der Waals surface area (Å²) < 4.78 is 16.4. The zero-order valence-corrected chi connectivity index (χ0v) is 15.8. The summed E-state index contributed by atoms with van der Waals surface area (Å²) in [5.41, 5.74) is 1.55. The number of nitrogens with one attached hydrogen (secondary N) is 1. The molecule has 0 atom stereocenters.